The number of thioether (sulfide) groups is 1. The summed E-state index contributed by atoms with van der Waals surface area (Å²) in [4.78, 5) is 58.9. The van der Waals surface area contributed by atoms with E-state index >= 15 is 0 Å². The van der Waals surface area contributed by atoms with Crippen LogP contribution in [-0.2, 0) is 42.9 Å². The van der Waals surface area contributed by atoms with Gasteiger partial charge >= 0.3 is 23.9 Å². The first-order chi connectivity index (χ1) is 24.2. The van der Waals surface area contributed by atoms with E-state index in [0.29, 0.717) is 17.9 Å². The SMILES string of the molecule is CCCCCCCCCCCCCCCC(=O)OCCSCCC(NC(N)=O)C(=O)NC(CO)C(=O)OCCOCCOCCOCC(=O)O. The topological polar surface area (TPSA) is 222 Å². The maximum atomic E-state index is 12.7. The molecule has 0 heterocycles. The number of urea groups is 1. The maximum Gasteiger partial charge on any atom is 0.331 e. The van der Waals surface area contributed by atoms with Gasteiger partial charge in [-0.25, -0.2) is 14.4 Å². The molecule has 0 aromatic carbocycles. The quantitative estimate of drug-likeness (QED) is 0.0461. The van der Waals surface area contributed by atoms with E-state index in [1.54, 1.807) is 0 Å². The summed E-state index contributed by atoms with van der Waals surface area (Å²) in [6.07, 6.45) is 16.7. The fraction of sp³-hybridized carbons (Fsp3) is 0.853. The molecule has 0 aromatic rings. The van der Waals surface area contributed by atoms with Gasteiger partial charge < -0.3 is 50.3 Å². The largest absolute Gasteiger partial charge is 0.480 e. The number of carbonyl (C=O) groups excluding carboxylic acids is 4. The van der Waals surface area contributed by atoms with Gasteiger partial charge in [-0.1, -0.05) is 84.0 Å². The minimum atomic E-state index is -1.37. The number of carboxylic acid groups (broad SMARTS) is 1. The predicted octanol–water partition coefficient (Wildman–Crippen LogP) is 3.33. The van der Waals surface area contributed by atoms with E-state index < -0.39 is 49.2 Å². The average molecular weight is 738 g/mol. The van der Waals surface area contributed by atoms with Crippen LogP contribution in [0.1, 0.15) is 103 Å². The molecule has 0 bridgehead atoms. The summed E-state index contributed by atoms with van der Waals surface area (Å²) in [7, 11) is 0. The number of ether oxygens (including phenoxy) is 5. The summed E-state index contributed by atoms with van der Waals surface area (Å²) < 4.78 is 25.6. The van der Waals surface area contributed by atoms with Crippen molar-refractivity contribution in [3.05, 3.63) is 0 Å². The molecular weight excluding hydrogens is 674 g/mol. The van der Waals surface area contributed by atoms with Gasteiger partial charge in [-0.15, -0.1) is 0 Å². The molecule has 6 N–H and O–H groups in total. The highest BCUT2D eigenvalue weighted by Crippen LogP contribution is 2.13. The second-order valence-electron chi connectivity index (χ2n) is 11.8. The van der Waals surface area contributed by atoms with Crippen molar-refractivity contribution in [3.63, 3.8) is 0 Å². The number of rotatable bonds is 36. The highest BCUT2D eigenvalue weighted by Gasteiger charge is 2.26. The van der Waals surface area contributed by atoms with Crippen LogP contribution in [0.25, 0.3) is 0 Å². The minimum Gasteiger partial charge on any atom is -0.480 e. The molecule has 16 heteroatoms. The summed E-state index contributed by atoms with van der Waals surface area (Å²) in [5, 5.41) is 22.8. The molecule has 0 aromatic heterocycles. The Bertz CT molecular complexity index is 900. The third kappa shape index (κ3) is 31.3. The predicted molar refractivity (Wildman–Crippen MR) is 190 cm³/mol. The molecule has 0 fully saturated rings. The molecular formula is C34H63N3O12S. The van der Waals surface area contributed by atoms with Crippen LogP contribution >= 0.6 is 11.8 Å². The molecule has 0 spiro atoms. The van der Waals surface area contributed by atoms with E-state index in [-0.39, 0.29) is 58.6 Å². The number of nitrogens with one attached hydrogen (secondary N) is 2. The number of aliphatic hydroxyl groups is 1. The van der Waals surface area contributed by atoms with Crippen LogP contribution in [0.5, 0.6) is 0 Å². The Hall–Kier alpha value is -2.66. The van der Waals surface area contributed by atoms with Crippen molar-refractivity contribution in [1.29, 1.82) is 0 Å². The monoisotopic (exact) mass is 737 g/mol. The minimum absolute atomic E-state index is 0.0362. The Balaban J connectivity index is 4.02. The Morgan fingerprint density at radius 3 is 1.74 bits per heavy atom. The number of hydrogen-bond donors (Lipinski definition) is 5. The number of aliphatic hydroxyl groups excluding tert-OH is 1. The van der Waals surface area contributed by atoms with Crippen LogP contribution in [0.15, 0.2) is 0 Å². The summed E-state index contributed by atoms with van der Waals surface area (Å²) in [5.74, 6) is -1.95. The van der Waals surface area contributed by atoms with Crippen LogP contribution in [0.4, 0.5) is 4.79 Å². The van der Waals surface area contributed by atoms with E-state index in [2.05, 4.69) is 17.6 Å². The summed E-state index contributed by atoms with van der Waals surface area (Å²) >= 11 is 1.43. The summed E-state index contributed by atoms with van der Waals surface area (Å²) in [6.45, 7) is 1.98. The zero-order valence-corrected chi connectivity index (χ0v) is 30.8. The van der Waals surface area contributed by atoms with Gasteiger partial charge in [-0.2, -0.15) is 11.8 Å². The highest BCUT2D eigenvalue weighted by atomic mass is 32.2. The lowest BCUT2D eigenvalue weighted by atomic mass is 10.0. The molecule has 0 aliphatic carbocycles. The molecule has 0 saturated carbocycles. The van der Waals surface area contributed by atoms with E-state index in [4.69, 9.17) is 34.5 Å². The molecule has 0 rings (SSSR count). The number of nitrogens with two attached hydrogens (primary N) is 1. The number of amides is 3. The van der Waals surface area contributed by atoms with Gasteiger partial charge in [-0.3, -0.25) is 9.59 Å². The normalized spacial score (nSPS) is 12.2. The molecule has 0 saturated heterocycles. The van der Waals surface area contributed by atoms with Crippen molar-refractivity contribution in [3.8, 4) is 0 Å². The van der Waals surface area contributed by atoms with Crippen LogP contribution < -0.4 is 16.4 Å². The first-order valence-corrected chi connectivity index (χ1v) is 19.2. The zero-order valence-electron chi connectivity index (χ0n) is 30.0. The lowest BCUT2D eigenvalue weighted by Gasteiger charge is -2.21. The van der Waals surface area contributed by atoms with Gasteiger partial charge in [0.2, 0.25) is 5.91 Å². The van der Waals surface area contributed by atoms with Crippen molar-refractivity contribution >= 4 is 41.6 Å². The van der Waals surface area contributed by atoms with Crippen LogP contribution in [0.2, 0.25) is 0 Å². The van der Waals surface area contributed by atoms with Crippen LogP contribution in [0.3, 0.4) is 0 Å². The number of unbranched alkanes of at least 4 members (excludes halogenated alkanes) is 12. The lowest BCUT2D eigenvalue weighted by Crippen LogP contribution is -2.54. The molecule has 2 unspecified atom stereocenters. The second kappa shape index (κ2) is 34.8. The van der Waals surface area contributed by atoms with E-state index in [1.807, 2.05) is 0 Å². The molecule has 2 atom stereocenters. The lowest BCUT2D eigenvalue weighted by molar-refractivity contribution is -0.150. The molecule has 0 radical (unpaired) electrons. The van der Waals surface area contributed by atoms with Gasteiger partial charge in [0, 0.05) is 12.2 Å². The van der Waals surface area contributed by atoms with Crippen molar-refractivity contribution in [2.45, 2.75) is 115 Å². The van der Waals surface area contributed by atoms with Crippen LogP contribution in [-0.4, -0.2) is 123 Å². The number of esters is 2. The number of aliphatic carboxylic acids is 1. The van der Waals surface area contributed by atoms with Gasteiger partial charge in [0.05, 0.1) is 39.6 Å². The Morgan fingerprint density at radius 2 is 1.20 bits per heavy atom. The Kier molecular flexibility index (Phi) is 32.9. The smallest absolute Gasteiger partial charge is 0.331 e. The van der Waals surface area contributed by atoms with Crippen molar-refractivity contribution in [1.82, 2.24) is 10.6 Å². The number of hydrogen-bond acceptors (Lipinski definition) is 12. The summed E-state index contributed by atoms with van der Waals surface area (Å²) in [5.41, 5.74) is 5.22. The van der Waals surface area contributed by atoms with Crippen molar-refractivity contribution in [2.75, 3.05) is 71.0 Å². The molecule has 292 valence electrons. The van der Waals surface area contributed by atoms with Gasteiger partial charge in [0.1, 0.15) is 25.9 Å². The Morgan fingerprint density at radius 1 is 0.660 bits per heavy atom. The highest BCUT2D eigenvalue weighted by molar-refractivity contribution is 7.99. The standard InChI is InChI=1S/C34H63N3O12S/c1-2-3-4-5-6-7-8-9-10-11-12-13-14-15-31(41)48-23-25-50-24-16-28(37-34(35)44)32(42)36-29(26-38)33(43)49-22-21-46-18-17-45-19-20-47-27-30(39)40/h28-29,38H,2-27H2,1H3,(H,36,42)(H,39,40)(H3,35,37,44). The molecule has 0 aliphatic heterocycles. The van der Waals surface area contributed by atoms with Gasteiger partial charge in [0.15, 0.2) is 6.04 Å². The fourth-order valence-electron chi connectivity index (χ4n) is 4.67. The first-order valence-electron chi connectivity index (χ1n) is 18.0. The van der Waals surface area contributed by atoms with Gasteiger partial charge in [-0.05, 0) is 18.6 Å². The molecule has 15 nitrogen and oxygen atoms in total. The van der Waals surface area contributed by atoms with E-state index in [0.717, 1.165) is 19.3 Å². The summed E-state index contributed by atoms with van der Waals surface area (Å²) in [6, 6.07) is -3.34. The van der Waals surface area contributed by atoms with E-state index in [1.165, 1.54) is 76.0 Å². The first kappa shape index (κ1) is 47.3. The van der Waals surface area contributed by atoms with Crippen molar-refractivity contribution < 1.29 is 57.9 Å². The third-order valence-corrected chi connectivity index (χ3v) is 8.36. The molecule has 3 amide bonds. The fourth-order valence-corrected chi connectivity index (χ4v) is 5.48. The molecule has 50 heavy (non-hydrogen) atoms. The van der Waals surface area contributed by atoms with E-state index in [9.17, 15) is 29.1 Å². The van der Waals surface area contributed by atoms with Gasteiger partial charge in [0.25, 0.3) is 0 Å². The third-order valence-electron chi connectivity index (χ3n) is 7.38. The number of primary amides is 1. The number of carboxylic acids is 1. The Labute approximate surface area is 301 Å². The zero-order chi connectivity index (χ0) is 37.1. The average Bonchev–Trinajstić information content (AvgIpc) is 3.08. The molecule has 0 aliphatic rings. The van der Waals surface area contributed by atoms with Crippen LogP contribution in [0, 0.1) is 0 Å². The maximum absolute atomic E-state index is 12.7. The number of carbonyl (C=O) groups is 5. The van der Waals surface area contributed by atoms with Crippen molar-refractivity contribution in [2.24, 2.45) is 5.73 Å². The second-order valence-corrected chi connectivity index (χ2v) is 13.0.